The summed E-state index contributed by atoms with van der Waals surface area (Å²) in [5, 5.41) is 3.47. The van der Waals surface area contributed by atoms with Gasteiger partial charge in [-0.15, -0.1) is 0 Å². The largest absolute Gasteiger partial charge is 0.464 e. The number of methoxy groups -OCH3 is 1. The number of rotatable bonds is 3. The second kappa shape index (κ2) is 6.24. The molecule has 4 heterocycles. The molecule has 7 nitrogen and oxygen atoms in total. The van der Waals surface area contributed by atoms with Gasteiger partial charge in [0.15, 0.2) is 11.8 Å². The van der Waals surface area contributed by atoms with E-state index in [0.29, 0.717) is 13.2 Å². The van der Waals surface area contributed by atoms with E-state index in [1.54, 1.807) is 7.11 Å². The van der Waals surface area contributed by atoms with Crippen molar-refractivity contribution in [3.63, 3.8) is 0 Å². The molecule has 0 radical (unpaired) electrons. The standard InChI is InChI=1S/C17H21N5O2/c1-11-3-4-15(24-11)14-8-19-17(21-14)22-6-5-13-12(9-22)7-18-16(20-13)10-23-2/h3-4,7,14H,5-6,8-10H2,1-2H3,(H,19,21). The number of hydrogen-bond acceptors (Lipinski definition) is 7. The molecule has 0 bridgehead atoms. The molecule has 1 atom stereocenters. The Labute approximate surface area is 140 Å². The molecule has 2 aliphatic heterocycles. The minimum atomic E-state index is 0.121. The molecule has 126 valence electrons. The Hall–Kier alpha value is -2.41. The van der Waals surface area contributed by atoms with Gasteiger partial charge in [0.25, 0.3) is 0 Å². The van der Waals surface area contributed by atoms with Gasteiger partial charge in [-0.1, -0.05) is 0 Å². The lowest BCUT2D eigenvalue weighted by Gasteiger charge is -2.30. The van der Waals surface area contributed by atoms with Crippen molar-refractivity contribution in [2.75, 3.05) is 20.2 Å². The minimum Gasteiger partial charge on any atom is -0.464 e. The maximum atomic E-state index is 5.71. The van der Waals surface area contributed by atoms with Gasteiger partial charge < -0.3 is 19.4 Å². The van der Waals surface area contributed by atoms with Crippen LogP contribution in [0.2, 0.25) is 0 Å². The van der Waals surface area contributed by atoms with Gasteiger partial charge in [-0.2, -0.15) is 0 Å². The lowest BCUT2D eigenvalue weighted by atomic mass is 10.1. The van der Waals surface area contributed by atoms with E-state index in [1.807, 2.05) is 25.3 Å². The molecule has 1 N–H and O–H groups in total. The molecule has 0 spiro atoms. The number of ether oxygens (including phenoxy) is 1. The minimum absolute atomic E-state index is 0.121. The van der Waals surface area contributed by atoms with Crippen LogP contribution in [-0.2, 0) is 24.3 Å². The number of furan rings is 1. The van der Waals surface area contributed by atoms with Gasteiger partial charge in [0.2, 0.25) is 0 Å². The third-order valence-electron chi connectivity index (χ3n) is 4.39. The predicted molar refractivity (Wildman–Crippen MR) is 88.5 cm³/mol. The molecule has 2 aliphatic rings. The Morgan fingerprint density at radius 2 is 2.33 bits per heavy atom. The zero-order valence-electron chi connectivity index (χ0n) is 14.0. The number of nitrogens with one attached hydrogen (secondary N) is 1. The fourth-order valence-electron chi connectivity index (χ4n) is 3.15. The van der Waals surface area contributed by atoms with Gasteiger partial charge in [0.1, 0.15) is 24.2 Å². The van der Waals surface area contributed by atoms with Crippen molar-refractivity contribution in [3.05, 3.63) is 46.9 Å². The van der Waals surface area contributed by atoms with Crippen LogP contribution in [0.15, 0.2) is 27.7 Å². The van der Waals surface area contributed by atoms with Crippen LogP contribution >= 0.6 is 0 Å². The molecule has 0 aliphatic carbocycles. The highest BCUT2D eigenvalue weighted by molar-refractivity contribution is 5.82. The van der Waals surface area contributed by atoms with Gasteiger partial charge >= 0.3 is 0 Å². The quantitative estimate of drug-likeness (QED) is 0.922. The highest BCUT2D eigenvalue weighted by Gasteiger charge is 2.28. The molecule has 2 aromatic heterocycles. The summed E-state index contributed by atoms with van der Waals surface area (Å²) in [5.74, 6) is 3.54. The van der Waals surface area contributed by atoms with Crippen LogP contribution in [0.25, 0.3) is 0 Å². The van der Waals surface area contributed by atoms with E-state index >= 15 is 0 Å². The molecule has 4 rings (SSSR count). The first-order chi connectivity index (χ1) is 11.7. The zero-order chi connectivity index (χ0) is 16.5. The molecular weight excluding hydrogens is 306 g/mol. The van der Waals surface area contributed by atoms with E-state index in [2.05, 4.69) is 25.2 Å². The molecular formula is C17H21N5O2. The summed E-state index contributed by atoms with van der Waals surface area (Å²) >= 11 is 0. The van der Waals surface area contributed by atoms with Crippen molar-refractivity contribution < 1.29 is 9.15 Å². The number of aryl methyl sites for hydroxylation is 1. The molecule has 0 saturated carbocycles. The Morgan fingerprint density at radius 1 is 1.42 bits per heavy atom. The SMILES string of the molecule is COCc1ncc2c(n1)CCN(C1=NCC(c3ccc(C)o3)N1)C2. The van der Waals surface area contributed by atoms with Crippen molar-refractivity contribution in [2.45, 2.75) is 32.5 Å². The second-order valence-electron chi connectivity index (χ2n) is 6.17. The van der Waals surface area contributed by atoms with Gasteiger partial charge in [-0.3, -0.25) is 4.99 Å². The molecule has 0 fully saturated rings. The van der Waals surface area contributed by atoms with E-state index in [0.717, 1.165) is 54.1 Å². The number of hydrogen-bond donors (Lipinski definition) is 1. The second-order valence-corrected chi connectivity index (χ2v) is 6.17. The van der Waals surface area contributed by atoms with Crippen molar-refractivity contribution in [1.82, 2.24) is 20.2 Å². The fourth-order valence-corrected chi connectivity index (χ4v) is 3.15. The number of guanidine groups is 1. The predicted octanol–water partition coefficient (Wildman–Crippen LogP) is 1.58. The van der Waals surface area contributed by atoms with Crippen LogP contribution in [0, 0.1) is 6.92 Å². The third kappa shape index (κ3) is 2.87. The van der Waals surface area contributed by atoms with E-state index in [4.69, 9.17) is 9.15 Å². The van der Waals surface area contributed by atoms with Crippen molar-refractivity contribution in [2.24, 2.45) is 4.99 Å². The Kier molecular flexibility index (Phi) is 3.93. The summed E-state index contributed by atoms with van der Waals surface area (Å²) in [6, 6.07) is 4.12. The smallest absolute Gasteiger partial charge is 0.194 e. The molecule has 0 amide bonds. The van der Waals surface area contributed by atoms with Crippen LogP contribution in [0.4, 0.5) is 0 Å². The zero-order valence-corrected chi connectivity index (χ0v) is 14.0. The Balaban J connectivity index is 1.43. The average molecular weight is 327 g/mol. The highest BCUT2D eigenvalue weighted by Crippen LogP contribution is 2.23. The molecule has 0 saturated heterocycles. The monoisotopic (exact) mass is 327 g/mol. The molecule has 0 aromatic carbocycles. The van der Waals surface area contributed by atoms with Crippen LogP contribution in [-0.4, -0.2) is 41.0 Å². The first-order valence-electron chi connectivity index (χ1n) is 8.18. The van der Waals surface area contributed by atoms with Gasteiger partial charge in [0.05, 0.1) is 12.2 Å². The van der Waals surface area contributed by atoms with Gasteiger partial charge in [0, 0.05) is 38.4 Å². The average Bonchev–Trinajstić information content (AvgIpc) is 3.23. The molecule has 7 heteroatoms. The van der Waals surface area contributed by atoms with E-state index in [-0.39, 0.29) is 6.04 Å². The third-order valence-corrected chi connectivity index (χ3v) is 4.39. The highest BCUT2D eigenvalue weighted by atomic mass is 16.5. The summed E-state index contributed by atoms with van der Waals surface area (Å²) in [5.41, 5.74) is 2.27. The lowest BCUT2D eigenvalue weighted by Crippen LogP contribution is -2.42. The van der Waals surface area contributed by atoms with E-state index in [1.165, 1.54) is 0 Å². The topological polar surface area (TPSA) is 75.8 Å². The first-order valence-corrected chi connectivity index (χ1v) is 8.18. The van der Waals surface area contributed by atoms with Crippen LogP contribution in [0.3, 0.4) is 0 Å². The summed E-state index contributed by atoms with van der Waals surface area (Å²) in [7, 11) is 1.66. The number of aromatic nitrogens is 2. The first kappa shape index (κ1) is 15.1. The van der Waals surface area contributed by atoms with Crippen LogP contribution < -0.4 is 5.32 Å². The molecule has 24 heavy (non-hydrogen) atoms. The Morgan fingerprint density at radius 3 is 3.12 bits per heavy atom. The lowest BCUT2D eigenvalue weighted by molar-refractivity contribution is 0.177. The molecule has 1 unspecified atom stereocenters. The summed E-state index contributed by atoms with van der Waals surface area (Å²) in [6.07, 6.45) is 2.80. The normalized spacial score (nSPS) is 19.8. The molecule has 2 aromatic rings. The van der Waals surface area contributed by atoms with Crippen LogP contribution in [0.5, 0.6) is 0 Å². The maximum absolute atomic E-state index is 5.71. The number of nitrogens with zero attached hydrogens (tertiary/aromatic N) is 4. The Bertz CT molecular complexity index is 770. The fraction of sp³-hybridized carbons (Fsp3) is 0.471. The number of aliphatic imine (C=N–C) groups is 1. The van der Waals surface area contributed by atoms with Crippen molar-refractivity contribution in [1.29, 1.82) is 0 Å². The van der Waals surface area contributed by atoms with Gasteiger partial charge in [-0.05, 0) is 19.1 Å². The van der Waals surface area contributed by atoms with E-state index in [9.17, 15) is 0 Å². The maximum Gasteiger partial charge on any atom is 0.194 e. The number of fused-ring (bicyclic) bond motifs is 1. The summed E-state index contributed by atoms with van der Waals surface area (Å²) < 4.78 is 10.8. The van der Waals surface area contributed by atoms with Crippen molar-refractivity contribution in [3.8, 4) is 0 Å². The summed E-state index contributed by atoms with van der Waals surface area (Å²) in [4.78, 5) is 15.9. The van der Waals surface area contributed by atoms with Crippen molar-refractivity contribution >= 4 is 5.96 Å². The van der Waals surface area contributed by atoms with Gasteiger partial charge in [-0.25, -0.2) is 9.97 Å². The van der Waals surface area contributed by atoms with E-state index < -0.39 is 0 Å². The summed E-state index contributed by atoms with van der Waals surface area (Å²) in [6.45, 7) is 4.79. The van der Waals surface area contributed by atoms with Crippen LogP contribution in [0.1, 0.15) is 34.6 Å².